The van der Waals surface area contributed by atoms with Crippen molar-refractivity contribution in [2.75, 3.05) is 25.1 Å². The van der Waals surface area contributed by atoms with Crippen molar-refractivity contribution < 1.29 is 23.0 Å². The van der Waals surface area contributed by atoms with Crippen LogP contribution in [0, 0.1) is 0 Å². The van der Waals surface area contributed by atoms with E-state index in [2.05, 4.69) is 19.9 Å². The molecule has 2 aliphatic rings. The molecular weight excluding hydrogens is 308 g/mol. The predicted octanol–water partition coefficient (Wildman–Crippen LogP) is 2.43. The van der Waals surface area contributed by atoms with E-state index in [-0.39, 0.29) is 11.5 Å². The van der Waals surface area contributed by atoms with E-state index in [1.165, 1.54) is 6.07 Å². The second-order valence-corrected chi connectivity index (χ2v) is 5.50. The summed E-state index contributed by atoms with van der Waals surface area (Å²) >= 11 is 0. The first-order valence-electron chi connectivity index (χ1n) is 7.35. The van der Waals surface area contributed by atoms with Gasteiger partial charge in [0, 0.05) is 18.8 Å². The molecule has 6 nitrogen and oxygen atoms in total. The van der Waals surface area contributed by atoms with E-state index in [0.717, 1.165) is 11.4 Å². The second-order valence-electron chi connectivity index (χ2n) is 5.50. The van der Waals surface area contributed by atoms with Gasteiger partial charge in [0.25, 0.3) is 0 Å². The molecule has 1 aromatic carbocycles. The van der Waals surface area contributed by atoms with Crippen LogP contribution in [0.15, 0.2) is 30.5 Å². The molecule has 0 aliphatic carbocycles. The van der Waals surface area contributed by atoms with E-state index < -0.39 is 6.29 Å². The predicted molar refractivity (Wildman–Crippen MR) is 76.9 cm³/mol. The molecule has 0 unspecified atom stereocenters. The number of fused-ring (bicyclic) bond motifs is 1. The summed E-state index contributed by atoms with van der Waals surface area (Å²) in [5.41, 5.74) is 0.879. The normalized spacial score (nSPS) is 18.7. The number of rotatable bonds is 5. The highest BCUT2D eigenvalue weighted by Crippen LogP contribution is 2.41. The summed E-state index contributed by atoms with van der Waals surface area (Å²) < 4.78 is 41.8. The van der Waals surface area contributed by atoms with Crippen LogP contribution in [0.4, 0.5) is 14.6 Å². The fourth-order valence-electron chi connectivity index (χ4n) is 2.50. The molecule has 1 saturated heterocycles. The largest absolute Gasteiger partial charge is 0.586 e. The van der Waals surface area contributed by atoms with E-state index >= 15 is 0 Å². The number of aromatic nitrogens is 2. The highest BCUT2D eigenvalue weighted by molar-refractivity contribution is 5.45. The Hall–Kier alpha value is -2.35. The van der Waals surface area contributed by atoms with Crippen molar-refractivity contribution in [1.82, 2.24) is 9.78 Å². The minimum atomic E-state index is -3.57. The number of alkyl halides is 2. The average molecular weight is 323 g/mol. The van der Waals surface area contributed by atoms with Gasteiger partial charge < -0.3 is 19.5 Å². The lowest BCUT2D eigenvalue weighted by molar-refractivity contribution is -0.286. The van der Waals surface area contributed by atoms with Gasteiger partial charge in [-0.25, -0.2) is 0 Å². The molecule has 0 atom stereocenters. The molecule has 2 aliphatic heterocycles. The van der Waals surface area contributed by atoms with Gasteiger partial charge in [0.15, 0.2) is 11.5 Å². The van der Waals surface area contributed by atoms with Crippen LogP contribution in [0.1, 0.15) is 11.6 Å². The number of hydrogen-bond donors (Lipinski definition) is 1. The van der Waals surface area contributed by atoms with Gasteiger partial charge in [0.2, 0.25) is 0 Å². The van der Waals surface area contributed by atoms with Crippen molar-refractivity contribution in [2.45, 2.75) is 18.8 Å². The van der Waals surface area contributed by atoms with E-state index in [4.69, 9.17) is 4.74 Å². The molecule has 1 aromatic heterocycles. The second kappa shape index (κ2) is 5.38. The van der Waals surface area contributed by atoms with Gasteiger partial charge in [-0.2, -0.15) is 5.10 Å². The zero-order valence-electron chi connectivity index (χ0n) is 12.2. The third-order valence-electron chi connectivity index (χ3n) is 3.79. The topological polar surface area (TPSA) is 57.5 Å². The summed E-state index contributed by atoms with van der Waals surface area (Å²) in [6.07, 6.45) is -1.00. The molecule has 0 radical (unpaired) electrons. The van der Waals surface area contributed by atoms with Gasteiger partial charge in [0.05, 0.1) is 19.3 Å². The fraction of sp³-hybridized carbons (Fsp3) is 0.400. The van der Waals surface area contributed by atoms with Crippen molar-refractivity contribution in [2.24, 2.45) is 0 Å². The van der Waals surface area contributed by atoms with Crippen LogP contribution in [0.25, 0.3) is 0 Å². The maximum Gasteiger partial charge on any atom is 0.586 e. The van der Waals surface area contributed by atoms with Crippen LogP contribution < -0.4 is 14.8 Å². The summed E-state index contributed by atoms with van der Waals surface area (Å²) in [5, 5.41) is 7.63. The third kappa shape index (κ3) is 2.94. The summed E-state index contributed by atoms with van der Waals surface area (Å²) in [6, 6.07) is 7.04. The number of halogens is 2. The van der Waals surface area contributed by atoms with Gasteiger partial charge >= 0.3 is 6.29 Å². The van der Waals surface area contributed by atoms with E-state index in [0.29, 0.717) is 32.2 Å². The Morgan fingerprint density at radius 3 is 2.83 bits per heavy atom. The molecule has 0 bridgehead atoms. The lowest BCUT2D eigenvalue weighted by Crippen LogP contribution is -2.30. The molecule has 2 aromatic rings. The van der Waals surface area contributed by atoms with Crippen LogP contribution >= 0.6 is 0 Å². The van der Waals surface area contributed by atoms with E-state index in [1.54, 1.807) is 12.1 Å². The quantitative estimate of drug-likeness (QED) is 0.916. The zero-order chi connectivity index (χ0) is 15.9. The number of nitrogens with zero attached hydrogens (tertiary/aromatic N) is 2. The summed E-state index contributed by atoms with van der Waals surface area (Å²) in [4.78, 5) is 0. The summed E-state index contributed by atoms with van der Waals surface area (Å²) in [5.74, 6) is 0.916. The molecule has 0 amide bonds. The zero-order valence-corrected chi connectivity index (χ0v) is 12.2. The molecule has 4 rings (SSSR count). The molecular formula is C15H15F2N3O3. The van der Waals surface area contributed by atoms with Crippen LogP contribution in [0.5, 0.6) is 11.5 Å². The third-order valence-corrected chi connectivity index (χ3v) is 3.79. The van der Waals surface area contributed by atoms with E-state index in [9.17, 15) is 8.78 Å². The number of benzene rings is 1. The minimum absolute atomic E-state index is 0.0631. The Morgan fingerprint density at radius 1 is 1.22 bits per heavy atom. The maximum absolute atomic E-state index is 13.0. The van der Waals surface area contributed by atoms with Crippen molar-refractivity contribution in [3.8, 4) is 11.5 Å². The first-order chi connectivity index (χ1) is 11.1. The van der Waals surface area contributed by atoms with Gasteiger partial charge in [-0.15, -0.1) is 8.78 Å². The monoisotopic (exact) mass is 323 g/mol. The van der Waals surface area contributed by atoms with Gasteiger partial charge in [-0.1, -0.05) is 6.07 Å². The standard InChI is InChI=1S/C15H15F2N3O3/c16-15(17)22-12-2-1-10(7-13(12)23-15)3-5-18-14-4-6-20(19-14)11-8-21-9-11/h1-2,4,6-7,11H,3,5,8-9H2,(H,18,19). The average Bonchev–Trinajstić information content (AvgIpc) is 2.99. The molecule has 0 spiro atoms. The summed E-state index contributed by atoms with van der Waals surface area (Å²) in [7, 11) is 0. The first kappa shape index (κ1) is 14.3. The number of nitrogens with one attached hydrogen (secondary N) is 1. The van der Waals surface area contributed by atoms with Gasteiger partial charge in [-0.05, 0) is 24.1 Å². The van der Waals surface area contributed by atoms with Crippen LogP contribution in [-0.4, -0.2) is 35.8 Å². The molecule has 23 heavy (non-hydrogen) atoms. The number of hydrogen-bond acceptors (Lipinski definition) is 5. The molecule has 3 heterocycles. The van der Waals surface area contributed by atoms with Gasteiger partial charge in [0.1, 0.15) is 5.82 Å². The lowest BCUT2D eigenvalue weighted by atomic mass is 10.1. The Kier molecular flexibility index (Phi) is 3.33. The minimum Gasteiger partial charge on any atom is -0.395 e. The Balaban J connectivity index is 1.32. The SMILES string of the molecule is FC1(F)Oc2ccc(CCNc3ccn(C4COC4)n3)cc2O1. The van der Waals surface area contributed by atoms with E-state index in [1.807, 2.05) is 16.9 Å². The highest BCUT2D eigenvalue weighted by Gasteiger charge is 2.43. The number of ether oxygens (including phenoxy) is 3. The van der Waals surface area contributed by atoms with Crippen LogP contribution in [0.3, 0.4) is 0 Å². The smallest absolute Gasteiger partial charge is 0.395 e. The highest BCUT2D eigenvalue weighted by atomic mass is 19.3. The van der Waals surface area contributed by atoms with Crippen molar-refractivity contribution in [1.29, 1.82) is 0 Å². The Morgan fingerprint density at radius 2 is 2.04 bits per heavy atom. The Labute approximate surface area is 130 Å². The van der Waals surface area contributed by atoms with Crippen LogP contribution in [-0.2, 0) is 11.2 Å². The van der Waals surface area contributed by atoms with Gasteiger partial charge in [-0.3, -0.25) is 4.68 Å². The molecule has 8 heteroatoms. The summed E-state index contributed by atoms with van der Waals surface area (Å²) in [6.45, 7) is 2.03. The molecule has 122 valence electrons. The van der Waals surface area contributed by atoms with Crippen molar-refractivity contribution >= 4 is 5.82 Å². The molecule has 1 N–H and O–H groups in total. The fourth-order valence-corrected chi connectivity index (χ4v) is 2.50. The lowest BCUT2D eigenvalue weighted by Gasteiger charge is -2.25. The van der Waals surface area contributed by atoms with Crippen LogP contribution in [0.2, 0.25) is 0 Å². The maximum atomic E-state index is 13.0. The number of anilines is 1. The molecule has 0 saturated carbocycles. The van der Waals surface area contributed by atoms with Crippen molar-refractivity contribution in [3.63, 3.8) is 0 Å². The first-order valence-corrected chi connectivity index (χ1v) is 7.35. The van der Waals surface area contributed by atoms with Crippen molar-refractivity contribution in [3.05, 3.63) is 36.0 Å². The molecule has 1 fully saturated rings. The Bertz CT molecular complexity index is 716.